The van der Waals surface area contributed by atoms with Gasteiger partial charge >= 0.3 is 0 Å². The summed E-state index contributed by atoms with van der Waals surface area (Å²) in [6, 6.07) is 10.6. The fourth-order valence-electron chi connectivity index (χ4n) is 2.00. The van der Waals surface area contributed by atoms with E-state index in [9.17, 15) is 0 Å². The highest BCUT2D eigenvalue weighted by atomic mass is 32.2. The monoisotopic (exact) mass is 273 g/mol. The Hall–Kier alpha value is -1.47. The molecule has 1 heterocycles. The number of nitrogens with one attached hydrogen (secondary N) is 1. The maximum Gasteiger partial charge on any atom is 0.161 e. The smallest absolute Gasteiger partial charge is 0.161 e. The maximum absolute atomic E-state index is 8.64. The maximum atomic E-state index is 8.64. The quantitative estimate of drug-likeness (QED) is 0.914. The second-order valence-corrected chi connectivity index (χ2v) is 6.12. The zero-order valence-electron chi connectivity index (χ0n) is 11.4. The van der Waals surface area contributed by atoms with E-state index in [1.54, 1.807) is 11.8 Å². The number of nitriles is 1. The summed E-state index contributed by atoms with van der Waals surface area (Å²) in [7, 11) is 0. The lowest BCUT2D eigenvalue weighted by Gasteiger charge is -2.23. The van der Waals surface area contributed by atoms with Gasteiger partial charge in [-0.1, -0.05) is 37.7 Å². The number of amidine groups is 1. The molecule has 1 aromatic carbocycles. The molecular weight excluding hydrogens is 254 g/mol. The minimum atomic E-state index is 0.432. The van der Waals surface area contributed by atoms with E-state index >= 15 is 0 Å². The van der Waals surface area contributed by atoms with Gasteiger partial charge < -0.3 is 5.32 Å². The van der Waals surface area contributed by atoms with Crippen molar-refractivity contribution >= 4 is 22.6 Å². The molecule has 3 nitrogen and oxygen atoms in total. The molecule has 2 rings (SSSR count). The highest BCUT2D eigenvalue weighted by Crippen LogP contribution is 2.23. The molecule has 1 N–H and O–H groups in total. The molecule has 19 heavy (non-hydrogen) atoms. The zero-order valence-corrected chi connectivity index (χ0v) is 12.2. The Morgan fingerprint density at radius 3 is 2.79 bits per heavy atom. The van der Waals surface area contributed by atoms with Gasteiger partial charge in [-0.05, 0) is 30.0 Å². The second kappa shape index (κ2) is 6.63. The van der Waals surface area contributed by atoms with Crippen LogP contribution in [0, 0.1) is 17.2 Å². The molecule has 0 saturated carbocycles. The van der Waals surface area contributed by atoms with Crippen molar-refractivity contribution in [3.63, 3.8) is 0 Å². The Balaban J connectivity index is 2.02. The molecule has 100 valence electrons. The first kappa shape index (κ1) is 14.0. The van der Waals surface area contributed by atoms with Crippen LogP contribution in [0.4, 0.5) is 5.69 Å². The topological polar surface area (TPSA) is 48.2 Å². The molecule has 0 amide bonds. The van der Waals surface area contributed by atoms with Crippen LogP contribution in [0.25, 0.3) is 0 Å². The summed E-state index contributed by atoms with van der Waals surface area (Å²) in [5, 5.41) is 13.0. The summed E-state index contributed by atoms with van der Waals surface area (Å²) < 4.78 is 0. The predicted molar refractivity (Wildman–Crippen MR) is 82.5 cm³/mol. The molecule has 0 saturated heterocycles. The van der Waals surface area contributed by atoms with Crippen LogP contribution in [-0.2, 0) is 6.42 Å². The Morgan fingerprint density at radius 1 is 1.42 bits per heavy atom. The average molecular weight is 273 g/mol. The molecule has 0 fully saturated rings. The van der Waals surface area contributed by atoms with Crippen LogP contribution in [0.2, 0.25) is 0 Å². The first-order valence-electron chi connectivity index (χ1n) is 6.62. The van der Waals surface area contributed by atoms with Gasteiger partial charge in [0.1, 0.15) is 0 Å². The lowest BCUT2D eigenvalue weighted by atomic mass is 10.0. The van der Waals surface area contributed by atoms with Crippen LogP contribution < -0.4 is 5.32 Å². The van der Waals surface area contributed by atoms with Crippen molar-refractivity contribution in [1.29, 1.82) is 5.26 Å². The second-order valence-electron chi connectivity index (χ2n) is 5.04. The lowest BCUT2D eigenvalue weighted by molar-refractivity contribution is 0.485. The van der Waals surface area contributed by atoms with Crippen LogP contribution in [-0.4, -0.2) is 17.0 Å². The van der Waals surface area contributed by atoms with Crippen molar-refractivity contribution in [2.24, 2.45) is 10.9 Å². The summed E-state index contributed by atoms with van der Waals surface area (Å²) in [5.41, 5.74) is 2.09. The van der Waals surface area contributed by atoms with Gasteiger partial charge in [-0.2, -0.15) is 5.26 Å². The van der Waals surface area contributed by atoms with Crippen molar-refractivity contribution in [2.75, 3.05) is 11.1 Å². The molecule has 1 aliphatic rings. The number of anilines is 1. The van der Waals surface area contributed by atoms with E-state index in [2.05, 4.69) is 25.2 Å². The number of thioether (sulfide) groups is 1. The van der Waals surface area contributed by atoms with Crippen molar-refractivity contribution in [2.45, 2.75) is 32.7 Å². The van der Waals surface area contributed by atoms with E-state index < -0.39 is 0 Å². The van der Waals surface area contributed by atoms with Gasteiger partial charge in [-0.15, -0.1) is 0 Å². The minimum Gasteiger partial charge on any atom is -0.335 e. The molecule has 1 aromatic rings. The predicted octanol–water partition coefficient (Wildman–Crippen LogP) is 3.68. The van der Waals surface area contributed by atoms with Crippen LogP contribution >= 0.6 is 11.8 Å². The Morgan fingerprint density at radius 2 is 2.16 bits per heavy atom. The van der Waals surface area contributed by atoms with Crippen LogP contribution in [0.3, 0.4) is 0 Å². The normalized spacial score (nSPS) is 18.8. The van der Waals surface area contributed by atoms with Crippen LogP contribution in [0.5, 0.6) is 0 Å². The number of hydrogen-bond acceptors (Lipinski definition) is 4. The van der Waals surface area contributed by atoms with Crippen LogP contribution in [0.1, 0.15) is 25.8 Å². The van der Waals surface area contributed by atoms with Gasteiger partial charge in [-0.3, -0.25) is 4.99 Å². The van der Waals surface area contributed by atoms with Crippen molar-refractivity contribution in [1.82, 2.24) is 0 Å². The highest BCUT2D eigenvalue weighted by molar-refractivity contribution is 8.14. The molecule has 0 bridgehead atoms. The van der Waals surface area contributed by atoms with Crippen molar-refractivity contribution in [3.05, 3.63) is 29.8 Å². The molecule has 4 heteroatoms. The van der Waals surface area contributed by atoms with Crippen molar-refractivity contribution < 1.29 is 0 Å². The number of aliphatic imine (C=N–C) groups is 1. The first-order valence-corrected chi connectivity index (χ1v) is 7.61. The van der Waals surface area contributed by atoms with E-state index in [0.717, 1.165) is 28.6 Å². The number of hydrogen-bond donors (Lipinski definition) is 1. The number of benzene rings is 1. The molecule has 1 aliphatic heterocycles. The standard InChI is InChI=1S/C15H19N3S/c1-11(2)14-8-10-19-15(18-14)17-13-5-3-12(4-6-13)7-9-16/h3-6,11,14H,7-8,10H2,1-2H3,(H,17,18). The van der Waals surface area contributed by atoms with E-state index in [0.29, 0.717) is 18.4 Å². The number of rotatable bonds is 3. The Kier molecular flexibility index (Phi) is 4.86. The highest BCUT2D eigenvalue weighted by Gasteiger charge is 2.18. The van der Waals surface area contributed by atoms with E-state index in [-0.39, 0.29) is 0 Å². The van der Waals surface area contributed by atoms with E-state index in [4.69, 9.17) is 10.3 Å². The third-order valence-corrected chi connectivity index (χ3v) is 4.11. The summed E-state index contributed by atoms with van der Waals surface area (Å²) in [4.78, 5) is 4.75. The molecule has 1 unspecified atom stereocenters. The Bertz CT molecular complexity index is 485. The summed E-state index contributed by atoms with van der Waals surface area (Å²) >= 11 is 1.78. The van der Waals surface area contributed by atoms with Gasteiger partial charge in [0.15, 0.2) is 5.17 Å². The summed E-state index contributed by atoms with van der Waals surface area (Å²) in [6.07, 6.45) is 1.63. The molecule has 0 radical (unpaired) electrons. The fraction of sp³-hybridized carbons (Fsp3) is 0.467. The third kappa shape index (κ3) is 4.00. The SMILES string of the molecule is CC(C)C1CCSC(Nc2ccc(CC#N)cc2)=N1. The molecular formula is C15H19N3S. The minimum absolute atomic E-state index is 0.432. The molecule has 0 aromatic heterocycles. The Labute approximate surface area is 119 Å². The molecule has 0 aliphatic carbocycles. The average Bonchev–Trinajstić information content (AvgIpc) is 2.42. The fourth-order valence-corrected chi connectivity index (χ4v) is 2.95. The van der Waals surface area contributed by atoms with Crippen molar-refractivity contribution in [3.8, 4) is 6.07 Å². The van der Waals surface area contributed by atoms with Gasteiger partial charge in [0.05, 0.1) is 18.5 Å². The molecule has 1 atom stereocenters. The summed E-state index contributed by atoms with van der Waals surface area (Å²) in [6.45, 7) is 4.44. The zero-order chi connectivity index (χ0) is 13.7. The van der Waals surface area contributed by atoms with Gasteiger partial charge in [0.25, 0.3) is 0 Å². The largest absolute Gasteiger partial charge is 0.335 e. The van der Waals surface area contributed by atoms with Gasteiger partial charge in [0, 0.05) is 11.4 Å². The molecule has 0 spiro atoms. The van der Waals surface area contributed by atoms with E-state index in [1.807, 2.05) is 24.3 Å². The van der Waals surface area contributed by atoms with Gasteiger partial charge in [-0.25, -0.2) is 0 Å². The summed E-state index contributed by atoms with van der Waals surface area (Å²) in [5.74, 6) is 1.72. The third-order valence-electron chi connectivity index (χ3n) is 3.19. The van der Waals surface area contributed by atoms with E-state index in [1.165, 1.54) is 0 Å². The number of nitrogens with zero attached hydrogens (tertiary/aromatic N) is 2. The lowest BCUT2D eigenvalue weighted by Crippen LogP contribution is -2.23. The van der Waals surface area contributed by atoms with Crippen LogP contribution in [0.15, 0.2) is 29.3 Å². The first-order chi connectivity index (χ1) is 9.19. The van der Waals surface area contributed by atoms with Gasteiger partial charge in [0.2, 0.25) is 0 Å².